The molecule has 1 aromatic carbocycles. The van der Waals surface area contributed by atoms with Crippen LogP contribution in [0.3, 0.4) is 0 Å². The lowest BCUT2D eigenvalue weighted by molar-refractivity contribution is -0.116. The summed E-state index contributed by atoms with van der Waals surface area (Å²) < 4.78 is 5.13. The molecule has 0 aliphatic carbocycles. The molecule has 0 unspecified atom stereocenters. The highest BCUT2D eigenvalue weighted by Crippen LogP contribution is 2.20. The molecular formula is C16H13ClN4O3. The number of aromatic hydroxyl groups is 1. The number of aromatic nitrogens is 3. The summed E-state index contributed by atoms with van der Waals surface area (Å²) in [6.07, 6.45) is 1.88. The Labute approximate surface area is 142 Å². The van der Waals surface area contributed by atoms with E-state index in [1.165, 1.54) is 12.3 Å². The van der Waals surface area contributed by atoms with Gasteiger partial charge in [-0.05, 0) is 36.4 Å². The summed E-state index contributed by atoms with van der Waals surface area (Å²) in [7, 11) is 0. The molecule has 0 spiro atoms. The van der Waals surface area contributed by atoms with Gasteiger partial charge in [0.15, 0.2) is 11.6 Å². The van der Waals surface area contributed by atoms with Crippen LogP contribution in [0.4, 0.5) is 5.82 Å². The third-order valence-corrected chi connectivity index (χ3v) is 3.43. The van der Waals surface area contributed by atoms with Crippen molar-refractivity contribution >= 4 is 23.3 Å². The molecule has 0 saturated carbocycles. The molecule has 24 heavy (non-hydrogen) atoms. The first-order chi connectivity index (χ1) is 11.6. The van der Waals surface area contributed by atoms with Gasteiger partial charge in [-0.25, -0.2) is 4.98 Å². The van der Waals surface area contributed by atoms with Crippen LogP contribution in [0.2, 0.25) is 5.02 Å². The second-order valence-electron chi connectivity index (χ2n) is 4.94. The molecule has 1 amide bonds. The fraction of sp³-hybridized carbons (Fsp3) is 0.125. The molecule has 2 aromatic heterocycles. The summed E-state index contributed by atoms with van der Waals surface area (Å²) in [4.78, 5) is 20.0. The van der Waals surface area contributed by atoms with Gasteiger partial charge >= 0.3 is 0 Å². The van der Waals surface area contributed by atoms with E-state index < -0.39 is 0 Å². The Kier molecular flexibility index (Phi) is 4.72. The predicted molar refractivity (Wildman–Crippen MR) is 87.6 cm³/mol. The molecule has 0 aliphatic rings. The molecule has 2 heterocycles. The molecule has 0 bridgehead atoms. The molecule has 3 aromatic rings. The Hall–Kier alpha value is -2.93. The van der Waals surface area contributed by atoms with Crippen molar-refractivity contribution in [3.05, 3.63) is 53.5 Å². The average Bonchev–Trinajstić information content (AvgIpc) is 3.05. The van der Waals surface area contributed by atoms with Gasteiger partial charge in [0.25, 0.3) is 0 Å². The van der Waals surface area contributed by atoms with Gasteiger partial charge in [0.05, 0.1) is 0 Å². The molecule has 2 N–H and O–H groups in total. The number of anilines is 1. The van der Waals surface area contributed by atoms with Crippen LogP contribution < -0.4 is 5.32 Å². The predicted octanol–water partition coefficient (Wildman–Crippen LogP) is 3.06. The Bertz CT molecular complexity index is 849. The van der Waals surface area contributed by atoms with Gasteiger partial charge in [-0.1, -0.05) is 16.8 Å². The monoisotopic (exact) mass is 344 g/mol. The molecule has 0 fully saturated rings. The van der Waals surface area contributed by atoms with Gasteiger partial charge in [0, 0.05) is 29.6 Å². The van der Waals surface area contributed by atoms with Gasteiger partial charge in [0.2, 0.25) is 17.6 Å². The summed E-state index contributed by atoms with van der Waals surface area (Å²) in [5.74, 6) is 0.503. The third-order valence-electron chi connectivity index (χ3n) is 3.18. The van der Waals surface area contributed by atoms with Crippen molar-refractivity contribution < 1.29 is 14.4 Å². The van der Waals surface area contributed by atoms with Crippen LogP contribution in [0, 0.1) is 0 Å². The largest absolute Gasteiger partial charge is 0.504 e. The van der Waals surface area contributed by atoms with E-state index in [4.69, 9.17) is 16.1 Å². The fourth-order valence-corrected chi connectivity index (χ4v) is 2.11. The number of nitrogens with zero attached hydrogens (tertiary/aromatic N) is 3. The van der Waals surface area contributed by atoms with E-state index in [0.29, 0.717) is 16.7 Å². The first-order valence-corrected chi connectivity index (χ1v) is 7.52. The summed E-state index contributed by atoms with van der Waals surface area (Å²) in [5.41, 5.74) is 0.775. The number of aryl methyl sites for hydroxylation is 1. The molecule has 0 aliphatic heterocycles. The van der Waals surface area contributed by atoms with Crippen molar-refractivity contribution in [3.8, 4) is 17.1 Å². The van der Waals surface area contributed by atoms with Gasteiger partial charge in [-0.15, -0.1) is 0 Å². The van der Waals surface area contributed by atoms with Crippen molar-refractivity contribution in [1.29, 1.82) is 0 Å². The number of pyridine rings is 1. The second kappa shape index (κ2) is 7.10. The number of halogens is 1. The quantitative estimate of drug-likeness (QED) is 0.737. The van der Waals surface area contributed by atoms with Crippen LogP contribution in [0.5, 0.6) is 5.75 Å². The molecule has 8 heteroatoms. The lowest BCUT2D eigenvalue weighted by Crippen LogP contribution is -2.13. The van der Waals surface area contributed by atoms with Gasteiger partial charge in [-0.2, -0.15) is 4.98 Å². The maximum Gasteiger partial charge on any atom is 0.227 e. The summed E-state index contributed by atoms with van der Waals surface area (Å²) >= 11 is 5.83. The van der Waals surface area contributed by atoms with E-state index >= 15 is 0 Å². The van der Waals surface area contributed by atoms with Crippen LogP contribution in [-0.4, -0.2) is 26.1 Å². The summed E-state index contributed by atoms with van der Waals surface area (Å²) in [5, 5.41) is 16.6. The minimum atomic E-state index is -0.310. The van der Waals surface area contributed by atoms with Crippen molar-refractivity contribution in [2.45, 2.75) is 12.8 Å². The minimum absolute atomic E-state index is 0.0892. The zero-order valence-electron chi connectivity index (χ0n) is 12.4. The van der Waals surface area contributed by atoms with E-state index in [9.17, 15) is 9.90 Å². The Morgan fingerprint density at radius 2 is 2.04 bits per heavy atom. The smallest absolute Gasteiger partial charge is 0.227 e. The van der Waals surface area contributed by atoms with Crippen molar-refractivity contribution in [3.63, 3.8) is 0 Å². The minimum Gasteiger partial charge on any atom is -0.504 e. The maximum absolute atomic E-state index is 11.9. The number of hydrogen-bond donors (Lipinski definition) is 2. The van der Waals surface area contributed by atoms with Crippen LogP contribution >= 0.6 is 11.6 Å². The first kappa shape index (κ1) is 15.9. The SMILES string of the molecule is O=C(CCc1nc(-c2ccc(Cl)cc2)no1)Nc1ncccc1O. The third kappa shape index (κ3) is 3.88. The van der Waals surface area contributed by atoms with E-state index in [1.54, 1.807) is 30.3 Å². The molecule has 3 rings (SSSR count). The van der Waals surface area contributed by atoms with Gasteiger partial charge in [0.1, 0.15) is 0 Å². The number of nitrogens with one attached hydrogen (secondary N) is 1. The number of benzene rings is 1. The number of amides is 1. The summed E-state index contributed by atoms with van der Waals surface area (Å²) in [6, 6.07) is 10.1. The van der Waals surface area contributed by atoms with Crippen molar-refractivity contribution in [1.82, 2.24) is 15.1 Å². The standard InChI is InChI=1S/C16H13ClN4O3/c17-11-5-3-10(4-6-11)15-20-14(24-21-15)8-7-13(23)19-16-12(22)2-1-9-18-16/h1-6,9,22H,7-8H2,(H,18,19,23). The lowest BCUT2D eigenvalue weighted by Gasteiger charge is -2.04. The normalized spacial score (nSPS) is 10.5. The second-order valence-corrected chi connectivity index (χ2v) is 5.37. The molecule has 7 nitrogen and oxygen atoms in total. The Morgan fingerprint density at radius 1 is 1.25 bits per heavy atom. The van der Waals surface area contributed by atoms with E-state index in [2.05, 4.69) is 20.4 Å². The highest BCUT2D eigenvalue weighted by Gasteiger charge is 2.12. The average molecular weight is 345 g/mol. The van der Waals surface area contributed by atoms with E-state index in [0.717, 1.165) is 5.56 Å². The molecule has 0 radical (unpaired) electrons. The maximum atomic E-state index is 11.9. The number of rotatable bonds is 5. The fourth-order valence-electron chi connectivity index (χ4n) is 1.98. The molecule has 0 atom stereocenters. The number of hydrogen-bond acceptors (Lipinski definition) is 6. The molecular weight excluding hydrogens is 332 g/mol. The van der Waals surface area contributed by atoms with Crippen LogP contribution in [-0.2, 0) is 11.2 Å². The molecule has 0 saturated heterocycles. The van der Waals surface area contributed by atoms with Crippen LogP contribution in [0.15, 0.2) is 47.1 Å². The zero-order chi connectivity index (χ0) is 16.9. The number of carbonyl (C=O) groups excluding carboxylic acids is 1. The number of carbonyl (C=O) groups is 1. The zero-order valence-corrected chi connectivity index (χ0v) is 13.2. The van der Waals surface area contributed by atoms with Crippen molar-refractivity contribution in [2.24, 2.45) is 0 Å². The Morgan fingerprint density at radius 3 is 2.79 bits per heavy atom. The lowest BCUT2D eigenvalue weighted by atomic mass is 10.2. The van der Waals surface area contributed by atoms with Gasteiger partial charge < -0.3 is 14.9 Å². The van der Waals surface area contributed by atoms with E-state index in [-0.39, 0.29) is 30.3 Å². The van der Waals surface area contributed by atoms with Gasteiger partial charge in [-0.3, -0.25) is 4.79 Å². The van der Waals surface area contributed by atoms with Crippen molar-refractivity contribution in [2.75, 3.05) is 5.32 Å². The highest BCUT2D eigenvalue weighted by molar-refractivity contribution is 6.30. The van der Waals surface area contributed by atoms with E-state index in [1.807, 2.05) is 0 Å². The van der Waals surface area contributed by atoms with Crippen LogP contribution in [0.25, 0.3) is 11.4 Å². The van der Waals surface area contributed by atoms with Crippen LogP contribution in [0.1, 0.15) is 12.3 Å². The first-order valence-electron chi connectivity index (χ1n) is 7.14. The highest BCUT2D eigenvalue weighted by atomic mass is 35.5. The Balaban J connectivity index is 1.58. The molecule has 122 valence electrons. The topological polar surface area (TPSA) is 101 Å². The summed E-state index contributed by atoms with van der Waals surface area (Å²) in [6.45, 7) is 0.